The van der Waals surface area contributed by atoms with E-state index in [1.54, 1.807) is 20.8 Å². The van der Waals surface area contributed by atoms with Crippen LogP contribution in [0.4, 0.5) is 13.6 Å². The van der Waals surface area contributed by atoms with Gasteiger partial charge in [-0.2, -0.15) is 0 Å². The standard InChI is InChI=1S/C12H17F2NO4/c1-10(2,3)19-9(18)15-6-11(5-12(11,13)14)4-7(15)8(16)17/h7H,4-6H2,1-3H3,(H,16,17)/t7-,11?/m0/s1. The second-order valence-electron chi connectivity index (χ2n) is 6.33. The molecule has 2 fully saturated rings. The molecule has 2 rings (SSSR count). The average Bonchev–Trinajstić information content (AvgIpc) is 2.55. The minimum atomic E-state index is -2.88. The summed E-state index contributed by atoms with van der Waals surface area (Å²) in [6.07, 6.45) is -1.42. The molecule has 2 atom stereocenters. The van der Waals surface area contributed by atoms with Crippen LogP contribution >= 0.6 is 0 Å². The van der Waals surface area contributed by atoms with Crippen LogP contribution in [0, 0.1) is 5.41 Å². The Morgan fingerprint density at radius 3 is 2.26 bits per heavy atom. The summed E-state index contributed by atoms with van der Waals surface area (Å²) >= 11 is 0. The van der Waals surface area contributed by atoms with Gasteiger partial charge in [0.2, 0.25) is 0 Å². The van der Waals surface area contributed by atoms with Crippen molar-refractivity contribution in [1.29, 1.82) is 0 Å². The van der Waals surface area contributed by atoms with Crippen molar-refractivity contribution >= 4 is 12.1 Å². The van der Waals surface area contributed by atoms with Gasteiger partial charge in [0.15, 0.2) is 0 Å². The fraction of sp³-hybridized carbons (Fsp3) is 0.833. The number of hydrogen-bond acceptors (Lipinski definition) is 3. The molecule has 0 aromatic rings. The van der Waals surface area contributed by atoms with Gasteiger partial charge in [-0.1, -0.05) is 0 Å². The fourth-order valence-corrected chi connectivity index (χ4v) is 2.49. The number of carboxylic acid groups (broad SMARTS) is 1. The summed E-state index contributed by atoms with van der Waals surface area (Å²) in [6.45, 7) is 4.65. The molecule has 1 saturated heterocycles. The Balaban J connectivity index is 2.15. The van der Waals surface area contributed by atoms with Crippen LogP contribution in [0.1, 0.15) is 33.6 Å². The summed E-state index contributed by atoms with van der Waals surface area (Å²) in [6, 6.07) is -1.23. The lowest BCUT2D eigenvalue weighted by molar-refractivity contribution is -0.142. The predicted octanol–water partition coefficient (Wildman–Crippen LogP) is 2.11. The lowest BCUT2D eigenvalue weighted by atomic mass is 10.0. The number of likely N-dealkylation sites (tertiary alicyclic amines) is 1. The fourth-order valence-electron chi connectivity index (χ4n) is 2.49. The van der Waals surface area contributed by atoms with Crippen molar-refractivity contribution in [3.05, 3.63) is 0 Å². The molecule has 5 nitrogen and oxygen atoms in total. The van der Waals surface area contributed by atoms with Gasteiger partial charge in [-0.25, -0.2) is 18.4 Å². The van der Waals surface area contributed by atoms with Gasteiger partial charge in [0.1, 0.15) is 11.6 Å². The largest absolute Gasteiger partial charge is 0.480 e. The molecule has 1 heterocycles. The molecule has 1 amide bonds. The zero-order valence-corrected chi connectivity index (χ0v) is 11.1. The zero-order valence-electron chi connectivity index (χ0n) is 11.1. The third-order valence-electron chi connectivity index (χ3n) is 3.56. The van der Waals surface area contributed by atoms with E-state index in [1.165, 1.54) is 0 Å². The molecule has 0 aromatic carbocycles. The van der Waals surface area contributed by atoms with E-state index in [-0.39, 0.29) is 19.4 Å². The molecule has 1 N–H and O–H groups in total. The molecule has 0 aromatic heterocycles. The number of aliphatic carboxylic acids is 1. The maximum Gasteiger partial charge on any atom is 0.411 e. The van der Waals surface area contributed by atoms with Crippen molar-refractivity contribution in [2.75, 3.05) is 6.54 Å². The Morgan fingerprint density at radius 2 is 1.89 bits per heavy atom. The van der Waals surface area contributed by atoms with Crippen LogP contribution in [0.2, 0.25) is 0 Å². The number of amides is 1. The Labute approximate surface area is 109 Å². The Morgan fingerprint density at radius 1 is 1.37 bits per heavy atom. The molecular formula is C12H17F2NO4. The van der Waals surface area contributed by atoms with Gasteiger partial charge in [-0.05, 0) is 27.2 Å². The molecule has 2 aliphatic rings. The van der Waals surface area contributed by atoms with Gasteiger partial charge >= 0.3 is 12.1 Å². The van der Waals surface area contributed by atoms with Gasteiger partial charge in [0.25, 0.3) is 5.92 Å². The quantitative estimate of drug-likeness (QED) is 0.797. The summed E-state index contributed by atoms with van der Waals surface area (Å²) in [7, 11) is 0. The van der Waals surface area contributed by atoms with Crippen molar-refractivity contribution in [2.45, 2.75) is 51.2 Å². The number of rotatable bonds is 1. The minimum Gasteiger partial charge on any atom is -0.480 e. The third kappa shape index (κ3) is 2.37. The van der Waals surface area contributed by atoms with E-state index >= 15 is 0 Å². The molecule has 1 aliphatic heterocycles. The topological polar surface area (TPSA) is 66.8 Å². The van der Waals surface area contributed by atoms with E-state index in [2.05, 4.69) is 0 Å². The number of ether oxygens (including phenoxy) is 1. The number of carbonyl (C=O) groups is 2. The number of nitrogens with zero attached hydrogens (tertiary/aromatic N) is 1. The van der Waals surface area contributed by atoms with Gasteiger partial charge in [0.05, 0.1) is 5.41 Å². The normalized spacial score (nSPS) is 32.5. The third-order valence-corrected chi connectivity index (χ3v) is 3.56. The van der Waals surface area contributed by atoms with Crippen molar-refractivity contribution in [2.24, 2.45) is 5.41 Å². The first-order valence-electron chi connectivity index (χ1n) is 6.08. The molecule has 19 heavy (non-hydrogen) atoms. The zero-order chi connectivity index (χ0) is 14.6. The lowest BCUT2D eigenvalue weighted by Gasteiger charge is -2.26. The van der Waals surface area contributed by atoms with E-state index in [0.29, 0.717) is 0 Å². The average molecular weight is 277 g/mol. The first-order chi connectivity index (χ1) is 8.47. The van der Waals surface area contributed by atoms with Gasteiger partial charge < -0.3 is 9.84 Å². The summed E-state index contributed by atoms with van der Waals surface area (Å²) in [5, 5.41) is 9.07. The highest BCUT2D eigenvalue weighted by Crippen LogP contribution is 2.66. The molecule has 7 heteroatoms. The molecule has 0 bridgehead atoms. The molecule has 1 aliphatic carbocycles. The van der Waals surface area contributed by atoms with E-state index in [4.69, 9.17) is 9.84 Å². The highest BCUT2D eigenvalue weighted by Gasteiger charge is 2.75. The monoisotopic (exact) mass is 277 g/mol. The van der Waals surface area contributed by atoms with Crippen LogP contribution in [0.25, 0.3) is 0 Å². The van der Waals surface area contributed by atoms with Gasteiger partial charge in [0, 0.05) is 13.0 Å². The first-order valence-corrected chi connectivity index (χ1v) is 6.08. The predicted molar refractivity (Wildman–Crippen MR) is 61.0 cm³/mol. The van der Waals surface area contributed by atoms with Crippen LogP contribution in [0.5, 0.6) is 0 Å². The van der Waals surface area contributed by atoms with Gasteiger partial charge in [-0.15, -0.1) is 0 Å². The Hall–Kier alpha value is -1.40. The molecule has 1 saturated carbocycles. The number of halogens is 2. The molecule has 1 unspecified atom stereocenters. The SMILES string of the molecule is CC(C)(C)OC(=O)N1CC2(C[C@H]1C(=O)O)CC2(F)F. The van der Waals surface area contributed by atoms with Crippen LogP contribution in [-0.4, -0.2) is 46.2 Å². The van der Waals surface area contributed by atoms with Crippen molar-refractivity contribution < 1.29 is 28.2 Å². The number of carboxylic acids is 1. The molecule has 108 valence electrons. The number of hydrogen-bond donors (Lipinski definition) is 1. The van der Waals surface area contributed by atoms with Crippen LogP contribution in [0.15, 0.2) is 0 Å². The van der Waals surface area contributed by atoms with Crippen molar-refractivity contribution in [3.63, 3.8) is 0 Å². The van der Waals surface area contributed by atoms with Crippen LogP contribution < -0.4 is 0 Å². The number of alkyl halides is 2. The summed E-state index contributed by atoms with van der Waals surface area (Å²) < 4.78 is 31.7. The smallest absolute Gasteiger partial charge is 0.411 e. The maximum atomic E-state index is 13.3. The summed E-state index contributed by atoms with van der Waals surface area (Å²) in [5.41, 5.74) is -2.16. The van der Waals surface area contributed by atoms with Crippen molar-refractivity contribution in [3.8, 4) is 0 Å². The molecule has 1 spiro atoms. The van der Waals surface area contributed by atoms with E-state index < -0.39 is 35.0 Å². The summed E-state index contributed by atoms with van der Waals surface area (Å²) in [4.78, 5) is 23.9. The van der Waals surface area contributed by atoms with Gasteiger partial charge in [-0.3, -0.25) is 4.90 Å². The van der Waals surface area contributed by atoms with E-state index in [9.17, 15) is 18.4 Å². The summed E-state index contributed by atoms with van der Waals surface area (Å²) in [5.74, 6) is -4.15. The first kappa shape index (κ1) is 14.0. The lowest BCUT2D eigenvalue weighted by Crippen LogP contribution is -2.43. The maximum absolute atomic E-state index is 13.3. The highest BCUT2D eigenvalue weighted by atomic mass is 19.3. The minimum absolute atomic E-state index is 0.214. The van der Waals surface area contributed by atoms with Crippen LogP contribution in [-0.2, 0) is 9.53 Å². The Kier molecular flexibility index (Phi) is 2.80. The number of carbonyl (C=O) groups excluding carboxylic acids is 1. The van der Waals surface area contributed by atoms with Crippen molar-refractivity contribution in [1.82, 2.24) is 4.90 Å². The van der Waals surface area contributed by atoms with E-state index in [1.807, 2.05) is 0 Å². The van der Waals surface area contributed by atoms with E-state index in [0.717, 1.165) is 4.90 Å². The Bertz CT molecular complexity index is 432. The second kappa shape index (κ2) is 3.80. The molecular weight excluding hydrogens is 260 g/mol. The highest BCUT2D eigenvalue weighted by molar-refractivity contribution is 5.81. The molecule has 0 radical (unpaired) electrons. The second-order valence-corrected chi connectivity index (χ2v) is 6.33. The van der Waals surface area contributed by atoms with Crippen LogP contribution in [0.3, 0.4) is 0 Å².